The van der Waals surface area contributed by atoms with E-state index in [0.29, 0.717) is 13.2 Å². The Kier molecular flexibility index (Phi) is 8.58. The van der Waals surface area contributed by atoms with Crippen LogP contribution in [0, 0.1) is 11.8 Å². The topological polar surface area (TPSA) is 50.8 Å². The molecule has 1 aromatic carbocycles. The first-order valence-corrected chi connectivity index (χ1v) is 11.9. The molecule has 168 valence electrons. The maximum Gasteiger partial charge on any atom is 0.256 e. The van der Waals surface area contributed by atoms with Crippen LogP contribution in [0.5, 0.6) is 5.75 Å². The van der Waals surface area contributed by atoms with Crippen molar-refractivity contribution in [3.05, 3.63) is 24.3 Å². The van der Waals surface area contributed by atoms with Gasteiger partial charge in [-0.15, -0.1) is 0 Å². The monoisotopic (exact) mass is 416 g/mol. The molecule has 2 atom stereocenters. The van der Waals surface area contributed by atoms with E-state index in [-0.39, 0.29) is 5.91 Å². The van der Waals surface area contributed by atoms with Crippen molar-refractivity contribution in [1.29, 1.82) is 0 Å². The molecule has 2 aliphatic rings. The number of benzene rings is 1. The highest BCUT2D eigenvalue weighted by Crippen LogP contribution is 2.33. The Morgan fingerprint density at radius 3 is 2.37 bits per heavy atom. The number of anilines is 1. The number of carbonyl (C=O) groups is 1. The molecule has 1 aromatic rings. The van der Waals surface area contributed by atoms with Gasteiger partial charge in [-0.3, -0.25) is 9.69 Å². The van der Waals surface area contributed by atoms with Crippen molar-refractivity contribution in [2.24, 2.45) is 11.8 Å². The van der Waals surface area contributed by atoms with Crippen molar-refractivity contribution in [3.63, 3.8) is 0 Å². The molecule has 1 heterocycles. The summed E-state index contributed by atoms with van der Waals surface area (Å²) in [6.45, 7) is 11.4. The predicted octanol–water partition coefficient (Wildman–Crippen LogP) is 5.11. The van der Waals surface area contributed by atoms with E-state index >= 15 is 0 Å². The zero-order valence-corrected chi connectivity index (χ0v) is 19.1. The third kappa shape index (κ3) is 6.45. The molecule has 1 saturated heterocycles. The van der Waals surface area contributed by atoms with E-state index in [1.807, 2.05) is 24.3 Å². The van der Waals surface area contributed by atoms with Crippen LogP contribution >= 0.6 is 0 Å². The molecule has 1 aliphatic carbocycles. The van der Waals surface area contributed by atoms with E-state index in [1.165, 1.54) is 25.9 Å². The lowest BCUT2D eigenvalue weighted by atomic mass is 9.83. The second-order valence-corrected chi connectivity index (χ2v) is 9.44. The summed E-state index contributed by atoms with van der Waals surface area (Å²) in [5.74, 6) is 2.38. The van der Waals surface area contributed by atoms with Crippen LogP contribution < -0.4 is 10.1 Å². The number of hydrogen-bond donors (Lipinski definition) is 1. The second kappa shape index (κ2) is 11.1. The van der Waals surface area contributed by atoms with Gasteiger partial charge in [0.2, 0.25) is 0 Å². The summed E-state index contributed by atoms with van der Waals surface area (Å²) in [7, 11) is 0. The van der Waals surface area contributed by atoms with E-state index in [2.05, 4.69) is 31.0 Å². The van der Waals surface area contributed by atoms with Crippen LogP contribution in [0.4, 0.5) is 5.69 Å². The molecular formula is C25H40N2O3. The van der Waals surface area contributed by atoms with Crippen LogP contribution in [0.3, 0.4) is 0 Å². The predicted molar refractivity (Wildman–Crippen MR) is 122 cm³/mol. The number of amides is 1. The van der Waals surface area contributed by atoms with E-state index in [9.17, 15) is 4.79 Å². The Morgan fingerprint density at radius 1 is 1.07 bits per heavy atom. The number of nitrogens with zero attached hydrogens (tertiary/aromatic N) is 1. The van der Waals surface area contributed by atoms with Gasteiger partial charge in [-0.1, -0.05) is 40.0 Å². The summed E-state index contributed by atoms with van der Waals surface area (Å²) in [6, 6.07) is 7.73. The Balaban J connectivity index is 1.48. The second-order valence-electron chi connectivity index (χ2n) is 9.44. The largest absolute Gasteiger partial charge is 0.492 e. The van der Waals surface area contributed by atoms with Gasteiger partial charge in [-0.05, 0) is 61.8 Å². The van der Waals surface area contributed by atoms with Crippen molar-refractivity contribution >= 4 is 11.6 Å². The fourth-order valence-electron chi connectivity index (χ4n) is 5.00. The molecule has 3 rings (SSSR count). The third-order valence-electron chi connectivity index (χ3n) is 6.39. The maximum atomic E-state index is 13.0. The number of likely N-dealkylation sites (tertiary alicyclic amines) is 1. The number of carbonyl (C=O) groups excluding carboxylic acids is 1. The number of hydrogen-bond acceptors (Lipinski definition) is 4. The molecule has 2 unspecified atom stereocenters. The normalized spacial score (nSPS) is 24.4. The molecule has 0 aromatic heterocycles. The summed E-state index contributed by atoms with van der Waals surface area (Å²) >= 11 is 0. The third-order valence-corrected chi connectivity index (χ3v) is 6.39. The zero-order chi connectivity index (χ0) is 21.4. The first-order chi connectivity index (χ1) is 14.5. The maximum absolute atomic E-state index is 13.0. The fourth-order valence-corrected chi connectivity index (χ4v) is 5.00. The van der Waals surface area contributed by atoms with Crippen LogP contribution in [0.25, 0.3) is 0 Å². The SMILES string of the molecule is CCCOC1(C(=O)Nc2ccc(OCCN3CC(C)CC(C)C3)cc2)CCCCC1. The lowest BCUT2D eigenvalue weighted by molar-refractivity contribution is -0.146. The first kappa shape index (κ1) is 23.1. The van der Waals surface area contributed by atoms with E-state index in [4.69, 9.17) is 9.47 Å². The summed E-state index contributed by atoms with van der Waals surface area (Å²) < 4.78 is 12.0. The average molecular weight is 417 g/mol. The highest BCUT2D eigenvalue weighted by Gasteiger charge is 2.40. The van der Waals surface area contributed by atoms with Gasteiger partial charge in [0.1, 0.15) is 18.0 Å². The van der Waals surface area contributed by atoms with E-state index < -0.39 is 5.60 Å². The lowest BCUT2D eigenvalue weighted by Crippen LogP contribution is -2.47. The Bertz CT molecular complexity index is 645. The number of rotatable bonds is 9. The molecule has 5 heteroatoms. The number of ether oxygens (including phenoxy) is 2. The zero-order valence-electron chi connectivity index (χ0n) is 19.1. The summed E-state index contributed by atoms with van der Waals surface area (Å²) in [6.07, 6.45) is 7.18. The van der Waals surface area contributed by atoms with E-state index in [0.717, 1.165) is 61.9 Å². The lowest BCUT2D eigenvalue weighted by Gasteiger charge is -2.35. The van der Waals surface area contributed by atoms with Crippen molar-refractivity contribution in [2.45, 2.75) is 71.3 Å². The first-order valence-electron chi connectivity index (χ1n) is 11.9. The molecule has 2 fully saturated rings. The molecule has 0 radical (unpaired) electrons. The molecule has 0 bridgehead atoms. The molecule has 1 N–H and O–H groups in total. The Hall–Kier alpha value is -1.59. The molecule has 5 nitrogen and oxygen atoms in total. The number of nitrogens with one attached hydrogen (secondary N) is 1. The average Bonchev–Trinajstić information content (AvgIpc) is 2.73. The Morgan fingerprint density at radius 2 is 1.73 bits per heavy atom. The van der Waals surface area contributed by atoms with Crippen molar-refractivity contribution < 1.29 is 14.3 Å². The van der Waals surface area contributed by atoms with Crippen molar-refractivity contribution in [3.8, 4) is 5.75 Å². The summed E-state index contributed by atoms with van der Waals surface area (Å²) in [5.41, 5.74) is 0.141. The van der Waals surface area contributed by atoms with Crippen LogP contribution in [-0.2, 0) is 9.53 Å². The van der Waals surface area contributed by atoms with Gasteiger partial charge >= 0.3 is 0 Å². The molecule has 0 spiro atoms. The molecule has 1 aliphatic heterocycles. The van der Waals surface area contributed by atoms with Gasteiger partial charge in [0.05, 0.1) is 0 Å². The van der Waals surface area contributed by atoms with Gasteiger partial charge in [0.15, 0.2) is 0 Å². The van der Waals surface area contributed by atoms with Crippen molar-refractivity contribution in [1.82, 2.24) is 4.90 Å². The van der Waals surface area contributed by atoms with Crippen LogP contribution in [0.15, 0.2) is 24.3 Å². The standard InChI is InChI=1S/C25H40N2O3/c1-4-15-30-25(12-6-5-7-13-25)24(28)26-22-8-10-23(11-9-22)29-16-14-27-18-20(2)17-21(3)19-27/h8-11,20-21H,4-7,12-19H2,1-3H3,(H,26,28). The van der Waals surface area contributed by atoms with Crippen LogP contribution in [-0.4, -0.2) is 49.3 Å². The molecular weight excluding hydrogens is 376 g/mol. The van der Waals surface area contributed by atoms with Crippen molar-refractivity contribution in [2.75, 3.05) is 38.2 Å². The van der Waals surface area contributed by atoms with Gasteiger partial charge in [0.25, 0.3) is 5.91 Å². The quantitative estimate of drug-likeness (QED) is 0.608. The minimum Gasteiger partial charge on any atom is -0.492 e. The minimum atomic E-state index is -0.661. The minimum absolute atomic E-state index is 0.00217. The smallest absolute Gasteiger partial charge is 0.256 e. The Labute approximate surface area is 182 Å². The fraction of sp³-hybridized carbons (Fsp3) is 0.720. The molecule has 1 saturated carbocycles. The van der Waals surface area contributed by atoms with Crippen LogP contribution in [0.2, 0.25) is 0 Å². The van der Waals surface area contributed by atoms with Crippen LogP contribution in [0.1, 0.15) is 65.7 Å². The highest BCUT2D eigenvalue weighted by molar-refractivity contribution is 5.97. The highest BCUT2D eigenvalue weighted by atomic mass is 16.5. The molecule has 1 amide bonds. The van der Waals surface area contributed by atoms with Gasteiger partial charge in [-0.2, -0.15) is 0 Å². The summed E-state index contributed by atoms with van der Waals surface area (Å²) in [4.78, 5) is 15.5. The number of piperidine rings is 1. The van der Waals surface area contributed by atoms with Gasteiger partial charge in [0, 0.05) is 31.9 Å². The molecule has 30 heavy (non-hydrogen) atoms. The van der Waals surface area contributed by atoms with Gasteiger partial charge in [-0.25, -0.2) is 0 Å². The van der Waals surface area contributed by atoms with E-state index in [1.54, 1.807) is 0 Å². The van der Waals surface area contributed by atoms with Gasteiger partial charge < -0.3 is 14.8 Å². The summed E-state index contributed by atoms with van der Waals surface area (Å²) in [5, 5.41) is 3.08.